The summed E-state index contributed by atoms with van der Waals surface area (Å²) in [5.41, 5.74) is 5.93. The summed E-state index contributed by atoms with van der Waals surface area (Å²) < 4.78 is 40.1. The van der Waals surface area contributed by atoms with Crippen molar-refractivity contribution in [3.63, 3.8) is 0 Å². The fraction of sp³-hybridized carbons (Fsp3) is 0.154. The molecule has 0 aliphatic heterocycles. The van der Waals surface area contributed by atoms with Gasteiger partial charge in [-0.2, -0.15) is 0 Å². The summed E-state index contributed by atoms with van der Waals surface area (Å²) in [6.45, 7) is 0.0983. The minimum atomic E-state index is -3.82. The van der Waals surface area contributed by atoms with Crippen LogP contribution in [0.5, 0.6) is 0 Å². The lowest BCUT2D eigenvalue weighted by Gasteiger charge is -2.08. The van der Waals surface area contributed by atoms with Crippen molar-refractivity contribution in [2.45, 2.75) is 11.4 Å². The molecule has 110 valence electrons. The van der Waals surface area contributed by atoms with Gasteiger partial charge in [0.25, 0.3) is 0 Å². The SMILES string of the molecule is NCC#Cc1cc(F)ccc1S(=O)(=O)NCc1cnc[nH]1. The summed E-state index contributed by atoms with van der Waals surface area (Å²) in [6.07, 6.45) is 2.95. The van der Waals surface area contributed by atoms with Gasteiger partial charge < -0.3 is 10.7 Å². The molecular weight excluding hydrogens is 295 g/mol. The number of sulfonamides is 1. The second kappa shape index (κ2) is 6.49. The van der Waals surface area contributed by atoms with E-state index in [-0.39, 0.29) is 23.5 Å². The van der Waals surface area contributed by atoms with Gasteiger partial charge in [0.1, 0.15) is 5.82 Å². The van der Waals surface area contributed by atoms with E-state index >= 15 is 0 Å². The molecule has 0 fully saturated rings. The second-order valence-corrected chi connectivity index (χ2v) is 5.78. The first-order chi connectivity index (χ1) is 10.0. The molecule has 1 aromatic heterocycles. The van der Waals surface area contributed by atoms with E-state index < -0.39 is 15.8 Å². The number of aromatic nitrogens is 2. The van der Waals surface area contributed by atoms with Crippen LogP contribution in [0, 0.1) is 17.7 Å². The smallest absolute Gasteiger partial charge is 0.242 e. The summed E-state index contributed by atoms with van der Waals surface area (Å²) >= 11 is 0. The Bertz CT molecular complexity index is 776. The van der Waals surface area contributed by atoms with E-state index in [9.17, 15) is 12.8 Å². The lowest BCUT2D eigenvalue weighted by molar-refractivity contribution is 0.579. The van der Waals surface area contributed by atoms with Crippen molar-refractivity contribution < 1.29 is 12.8 Å². The van der Waals surface area contributed by atoms with Crippen LogP contribution >= 0.6 is 0 Å². The van der Waals surface area contributed by atoms with Crippen LogP contribution in [0.3, 0.4) is 0 Å². The van der Waals surface area contributed by atoms with Gasteiger partial charge in [-0.15, -0.1) is 0 Å². The molecule has 0 radical (unpaired) electrons. The van der Waals surface area contributed by atoms with Gasteiger partial charge in [-0.05, 0) is 18.2 Å². The molecule has 21 heavy (non-hydrogen) atoms. The summed E-state index contributed by atoms with van der Waals surface area (Å²) in [4.78, 5) is 6.47. The van der Waals surface area contributed by atoms with E-state index in [4.69, 9.17) is 5.73 Å². The first-order valence-electron chi connectivity index (χ1n) is 5.98. The Labute approximate surface area is 121 Å². The topological polar surface area (TPSA) is 101 Å². The Morgan fingerprint density at radius 1 is 1.43 bits per heavy atom. The van der Waals surface area contributed by atoms with E-state index in [1.807, 2.05) is 0 Å². The molecule has 8 heteroatoms. The predicted octanol–water partition coefficient (Wildman–Crippen LogP) is 0.337. The summed E-state index contributed by atoms with van der Waals surface area (Å²) in [6, 6.07) is 3.30. The highest BCUT2D eigenvalue weighted by atomic mass is 32.2. The zero-order chi connectivity index (χ0) is 15.3. The summed E-state index contributed by atoms with van der Waals surface area (Å²) in [7, 11) is -3.82. The molecule has 0 bridgehead atoms. The quantitative estimate of drug-likeness (QED) is 0.709. The maximum Gasteiger partial charge on any atom is 0.242 e. The molecule has 0 atom stereocenters. The normalized spacial score (nSPS) is 11.0. The monoisotopic (exact) mass is 308 g/mol. The standard InChI is InChI=1S/C13H13FN4O2S/c14-11-3-4-13(10(6-11)2-1-5-15)21(19,20)18-8-12-7-16-9-17-12/h3-4,6-7,9,18H,5,8,15H2,(H,16,17). The first-order valence-corrected chi connectivity index (χ1v) is 7.46. The van der Waals surface area contributed by atoms with Gasteiger partial charge in [0.05, 0.1) is 24.3 Å². The number of benzene rings is 1. The zero-order valence-electron chi connectivity index (χ0n) is 10.9. The van der Waals surface area contributed by atoms with E-state index in [0.29, 0.717) is 5.69 Å². The van der Waals surface area contributed by atoms with Gasteiger partial charge in [-0.25, -0.2) is 22.5 Å². The average molecular weight is 308 g/mol. The zero-order valence-corrected chi connectivity index (χ0v) is 11.7. The highest BCUT2D eigenvalue weighted by molar-refractivity contribution is 7.89. The van der Waals surface area contributed by atoms with Crippen molar-refractivity contribution in [3.8, 4) is 11.8 Å². The Morgan fingerprint density at radius 3 is 2.90 bits per heavy atom. The number of nitrogens with zero attached hydrogens (tertiary/aromatic N) is 1. The lowest BCUT2D eigenvalue weighted by atomic mass is 10.2. The number of hydrogen-bond acceptors (Lipinski definition) is 4. The van der Waals surface area contributed by atoms with Crippen molar-refractivity contribution in [3.05, 3.63) is 47.8 Å². The van der Waals surface area contributed by atoms with E-state index in [1.54, 1.807) is 0 Å². The van der Waals surface area contributed by atoms with Crippen LogP contribution in [0.4, 0.5) is 4.39 Å². The Kier molecular flexibility index (Phi) is 4.70. The summed E-state index contributed by atoms with van der Waals surface area (Å²) in [5.74, 6) is 4.51. The number of imidazole rings is 1. The molecule has 0 saturated heterocycles. The molecule has 2 aromatic rings. The molecular formula is C13H13FN4O2S. The van der Waals surface area contributed by atoms with Crippen LogP contribution in [0.25, 0.3) is 0 Å². The van der Waals surface area contributed by atoms with Gasteiger partial charge in [0.2, 0.25) is 10.0 Å². The van der Waals surface area contributed by atoms with Gasteiger partial charge in [-0.3, -0.25) is 0 Å². The number of H-pyrrole nitrogens is 1. The molecule has 1 heterocycles. The number of rotatable bonds is 4. The molecule has 1 aromatic carbocycles. The molecule has 2 rings (SSSR count). The fourth-order valence-corrected chi connectivity index (χ4v) is 2.76. The largest absolute Gasteiger partial charge is 0.347 e. The second-order valence-electron chi connectivity index (χ2n) is 4.05. The van der Waals surface area contributed by atoms with Crippen LogP contribution in [-0.4, -0.2) is 24.9 Å². The Morgan fingerprint density at radius 2 is 2.24 bits per heavy atom. The van der Waals surface area contributed by atoms with E-state index in [0.717, 1.165) is 12.1 Å². The van der Waals surface area contributed by atoms with Crippen molar-refractivity contribution in [1.82, 2.24) is 14.7 Å². The van der Waals surface area contributed by atoms with Gasteiger partial charge >= 0.3 is 0 Å². The van der Waals surface area contributed by atoms with Crippen molar-refractivity contribution in [1.29, 1.82) is 0 Å². The van der Waals surface area contributed by atoms with E-state index in [1.165, 1.54) is 18.6 Å². The fourth-order valence-electron chi connectivity index (χ4n) is 1.61. The minimum absolute atomic E-state index is 0.0451. The number of hydrogen-bond donors (Lipinski definition) is 3. The van der Waals surface area contributed by atoms with Crippen LogP contribution in [-0.2, 0) is 16.6 Å². The number of aromatic amines is 1. The number of halogens is 1. The average Bonchev–Trinajstić information content (AvgIpc) is 2.96. The third kappa shape index (κ3) is 3.88. The first kappa shape index (κ1) is 15.2. The highest BCUT2D eigenvalue weighted by Gasteiger charge is 2.18. The maximum atomic E-state index is 13.2. The van der Waals surface area contributed by atoms with Crippen LogP contribution in [0.1, 0.15) is 11.3 Å². The van der Waals surface area contributed by atoms with E-state index in [2.05, 4.69) is 26.5 Å². The molecule has 0 aliphatic rings. The van der Waals surface area contributed by atoms with Crippen LogP contribution in [0.2, 0.25) is 0 Å². The predicted molar refractivity (Wildman–Crippen MR) is 74.9 cm³/mol. The third-order valence-corrected chi connectivity index (χ3v) is 4.02. The van der Waals surface area contributed by atoms with Crippen molar-refractivity contribution in [2.24, 2.45) is 5.73 Å². The molecule has 0 unspecified atom stereocenters. The molecule has 4 N–H and O–H groups in total. The van der Waals surface area contributed by atoms with Gasteiger partial charge in [0.15, 0.2) is 0 Å². The minimum Gasteiger partial charge on any atom is -0.347 e. The van der Waals surface area contributed by atoms with Crippen LogP contribution in [0.15, 0.2) is 35.6 Å². The van der Waals surface area contributed by atoms with Crippen LogP contribution < -0.4 is 10.5 Å². The molecule has 0 saturated carbocycles. The molecule has 0 amide bonds. The molecule has 0 spiro atoms. The van der Waals surface area contributed by atoms with Crippen molar-refractivity contribution >= 4 is 10.0 Å². The van der Waals surface area contributed by atoms with Gasteiger partial charge in [-0.1, -0.05) is 11.8 Å². The summed E-state index contributed by atoms with van der Waals surface area (Å²) in [5, 5.41) is 0. The van der Waals surface area contributed by atoms with Crippen molar-refractivity contribution in [2.75, 3.05) is 6.54 Å². The lowest BCUT2D eigenvalue weighted by Crippen LogP contribution is -2.24. The molecule has 6 nitrogen and oxygen atoms in total. The van der Waals surface area contributed by atoms with Gasteiger partial charge in [0, 0.05) is 17.5 Å². The Balaban J connectivity index is 2.30. The Hall–Kier alpha value is -2.21. The maximum absolute atomic E-state index is 13.2. The molecule has 0 aliphatic carbocycles. The third-order valence-electron chi connectivity index (χ3n) is 2.56. The number of nitrogens with one attached hydrogen (secondary N) is 2. The highest BCUT2D eigenvalue weighted by Crippen LogP contribution is 2.16. The number of nitrogens with two attached hydrogens (primary N) is 1.